The van der Waals surface area contributed by atoms with Crippen LogP contribution in [0.15, 0.2) is 36.4 Å². The number of benzene rings is 2. The molecule has 0 atom stereocenters. The standard InChI is InChI=1S/C18H15ClN2O4/c1-10-12(18(20)23)3-2-4-14(10)21-16(22)6-5-11-7-13(19)17-15(8-11)24-9-25-17/h2-8H,9H2,1H3,(H2,20,23)(H,21,22)/b6-5+. The number of rotatable bonds is 4. The van der Waals surface area contributed by atoms with Gasteiger partial charge in [0.15, 0.2) is 11.5 Å². The van der Waals surface area contributed by atoms with Crippen LogP contribution in [0.3, 0.4) is 0 Å². The second-order valence-corrected chi connectivity index (χ2v) is 5.81. The molecule has 0 fully saturated rings. The van der Waals surface area contributed by atoms with Crippen LogP contribution in [0.25, 0.3) is 6.08 Å². The smallest absolute Gasteiger partial charge is 0.249 e. The molecule has 0 bridgehead atoms. The molecule has 0 unspecified atom stereocenters. The summed E-state index contributed by atoms with van der Waals surface area (Å²) in [4.78, 5) is 23.5. The van der Waals surface area contributed by atoms with E-state index in [9.17, 15) is 9.59 Å². The lowest BCUT2D eigenvalue weighted by atomic mass is 10.1. The van der Waals surface area contributed by atoms with Crippen LogP contribution in [-0.4, -0.2) is 18.6 Å². The summed E-state index contributed by atoms with van der Waals surface area (Å²) in [5.41, 5.74) is 7.51. The van der Waals surface area contributed by atoms with Gasteiger partial charge in [-0.3, -0.25) is 9.59 Å². The van der Waals surface area contributed by atoms with E-state index in [2.05, 4.69) is 5.32 Å². The monoisotopic (exact) mass is 358 g/mol. The number of anilines is 1. The number of nitrogens with one attached hydrogen (secondary N) is 1. The van der Waals surface area contributed by atoms with Crippen molar-refractivity contribution >= 4 is 35.2 Å². The summed E-state index contributed by atoms with van der Waals surface area (Å²) in [6, 6.07) is 8.38. The van der Waals surface area contributed by atoms with E-state index in [1.54, 1.807) is 43.3 Å². The van der Waals surface area contributed by atoms with E-state index < -0.39 is 5.91 Å². The van der Waals surface area contributed by atoms with Crippen molar-refractivity contribution in [2.24, 2.45) is 5.73 Å². The molecule has 1 aliphatic heterocycles. The zero-order chi connectivity index (χ0) is 18.0. The zero-order valence-electron chi connectivity index (χ0n) is 13.3. The van der Waals surface area contributed by atoms with E-state index in [0.29, 0.717) is 38.9 Å². The van der Waals surface area contributed by atoms with E-state index in [1.807, 2.05) is 0 Å². The molecule has 0 aromatic heterocycles. The van der Waals surface area contributed by atoms with Crippen molar-refractivity contribution in [3.8, 4) is 11.5 Å². The number of primary amides is 1. The van der Waals surface area contributed by atoms with Gasteiger partial charge in [-0.15, -0.1) is 0 Å². The lowest BCUT2D eigenvalue weighted by Gasteiger charge is -2.09. The Labute approximate surface area is 149 Å². The molecule has 0 aliphatic carbocycles. The summed E-state index contributed by atoms with van der Waals surface area (Å²) < 4.78 is 10.5. The lowest BCUT2D eigenvalue weighted by Crippen LogP contribution is -2.15. The highest BCUT2D eigenvalue weighted by atomic mass is 35.5. The minimum Gasteiger partial charge on any atom is -0.454 e. The number of carbonyl (C=O) groups is 2. The van der Waals surface area contributed by atoms with Crippen molar-refractivity contribution in [1.82, 2.24) is 0 Å². The van der Waals surface area contributed by atoms with E-state index in [0.717, 1.165) is 0 Å². The minimum atomic E-state index is -0.542. The van der Waals surface area contributed by atoms with Gasteiger partial charge in [0, 0.05) is 17.3 Å². The first kappa shape index (κ1) is 16.9. The number of fused-ring (bicyclic) bond motifs is 1. The molecular formula is C18H15ClN2O4. The van der Waals surface area contributed by atoms with Crippen LogP contribution in [0, 0.1) is 6.92 Å². The van der Waals surface area contributed by atoms with Crippen molar-refractivity contribution in [3.63, 3.8) is 0 Å². The maximum atomic E-state index is 12.1. The van der Waals surface area contributed by atoms with Gasteiger partial charge in [-0.2, -0.15) is 0 Å². The molecule has 0 radical (unpaired) electrons. The predicted molar refractivity (Wildman–Crippen MR) is 94.9 cm³/mol. The highest BCUT2D eigenvalue weighted by Crippen LogP contribution is 2.40. The van der Waals surface area contributed by atoms with Gasteiger partial charge < -0.3 is 20.5 Å². The van der Waals surface area contributed by atoms with Gasteiger partial charge >= 0.3 is 0 Å². The van der Waals surface area contributed by atoms with Gasteiger partial charge in [0.2, 0.25) is 18.6 Å². The maximum absolute atomic E-state index is 12.1. The van der Waals surface area contributed by atoms with Gasteiger partial charge in [-0.1, -0.05) is 17.7 Å². The third-order valence-electron chi connectivity index (χ3n) is 3.73. The average Bonchev–Trinajstić information content (AvgIpc) is 3.04. The highest BCUT2D eigenvalue weighted by molar-refractivity contribution is 6.32. The van der Waals surface area contributed by atoms with E-state index in [1.165, 1.54) is 6.08 Å². The Hall–Kier alpha value is -2.99. The van der Waals surface area contributed by atoms with Crippen LogP contribution < -0.4 is 20.5 Å². The van der Waals surface area contributed by atoms with Crippen LogP contribution in [-0.2, 0) is 4.79 Å². The summed E-state index contributed by atoms with van der Waals surface area (Å²) in [6.45, 7) is 1.84. The van der Waals surface area contributed by atoms with Crippen LogP contribution in [0.1, 0.15) is 21.5 Å². The number of amides is 2. The highest BCUT2D eigenvalue weighted by Gasteiger charge is 2.17. The Balaban J connectivity index is 1.75. The molecule has 128 valence electrons. The zero-order valence-corrected chi connectivity index (χ0v) is 14.1. The molecular weight excluding hydrogens is 344 g/mol. The molecule has 3 N–H and O–H groups in total. The first-order valence-electron chi connectivity index (χ1n) is 7.43. The summed E-state index contributed by atoms with van der Waals surface area (Å²) in [7, 11) is 0. The first-order valence-corrected chi connectivity index (χ1v) is 7.81. The number of halogens is 1. The number of hydrogen-bond donors (Lipinski definition) is 2. The normalized spacial score (nSPS) is 12.4. The fourth-order valence-corrected chi connectivity index (χ4v) is 2.74. The van der Waals surface area contributed by atoms with Crippen molar-refractivity contribution in [2.75, 3.05) is 12.1 Å². The number of ether oxygens (including phenoxy) is 2. The van der Waals surface area contributed by atoms with Gasteiger partial charge in [0.1, 0.15) is 0 Å². The third kappa shape index (κ3) is 3.59. The Kier molecular flexibility index (Phi) is 4.63. The second-order valence-electron chi connectivity index (χ2n) is 5.40. The van der Waals surface area contributed by atoms with Crippen molar-refractivity contribution < 1.29 is 19.1 Å². The molecule has 3 rings (SSSR count). The molecule has 2 aromatic carbocycles. The molecule has 0 spiro atoms. The van der Waals surface area contributed by atoms with Crippen LogP contribution in [0.5, 0.6) is 11.5 Å². The lowest BCUT2D eigenvalue weighted by molar-refractivity contribution is -0.111. The Morgan fingerprint density at radius 1 is 1.28 bits per heavy atom. The Morgan fingerprint density at radius 3 is 2.84 bits per heavy atom. The third-order valence-corrected chi connectivity index (χ3v) is 4.01. The SMILES string of the molecule is Cc1c(NC(=O)/C=C/c2cc(Cl)c3c(c2)OCO3)cccc1C(N)=O. The summed E-state index contributed by atoms with van der Waals surface area (Å²) in [6.07, 6.45) is 2.97. The molecule has 0 saturated heterocycles. The molecule has 0 saturated carbocycles. The molecule has 6 nitrogen and oxygen atoms in total. The molecule has 1 heterocycles. The van der Waals surface area contributed by atoms with Gasteiger partial charge in [-0.25, -0.2) is 0 Å². The van der Waals surface area contributed by atoms with E-state index in [-0.39, 0.29) is 12.7 Å². The summed E-state index contributed by atoms with van der Waals surface area (Å²) in [5.74, 6) is 0.150. The Morgan fingerprint density at radius 2 is 2.08 bits per heavy atom. The molecule has 2 amide bonds. The molecule has 7 heteroatoms. The van der Waals surface area contributed by atoms with Crippen LogP contribution in [0.2, 0.25) is 5.02 Å². The fourth-order valence-electron chi connectivity index (χ4n) is 2.47. The number of carbonyl (C=O) groups excluding carboxylic acids is 2. The van der Waals surface area contributed by atoms with E-state index in [4.69, 9.17) is 26.8 Å². The first-order chi connectivity index (χ1) is 12.0. The van der Waals surface area contributed by atoms with Gasteiger partial charge in [-0.05, 0) is 48.4 Å². The van der Waals surface area contributed by atoms with Crippen molar-refractivity contribution in [1.29, 1.82) is 0 Å². The number of hydrogen-bond acceptors (Lipinski definition) is 4. The van der Waals surface area contributed by atoms with E-state index >= 15 is 0 Å². The summed E-state index contributed by atoms with van der Waals surface area (Å²) >= 11 is 6.10. The molecule has 25 heavy (non-hydrogen) atoms. The molecule has 2 aromatic rings. The fraction of sp³-hybridized carbons (Fsp3) is 0.111. The largest absolute Gasteiger partial charge is 0.454 e. The van der Waals surface area contributed by atoms with Gasteiger partial charge in [0.05, 0.1) is 5.02 Å². The van der Waals surface area contributed by atoms with Crippen LogP contribution in [0.4, 0.5) is 5.69 Å². The Bertz CT molecular complexity index is 893. The molecule has 1 aliphatic rings. The van der Waals surface area contributed by atoms with Gasteiger partial charge in [0.25, 0.3) is 0 Å². The van der Waals surface area contributed by atoms with Crippen LogP contribution >= 0.6 is 11.6 Å². The topological polar surface area (TPSA) is 90.7 Å². The maximum Gasteiger partial charge on any atom is 0.249 e. The average molecular weight is 359 g/mol. The van der Waals surface area contributed by atoms with Crippen molar-refractivity contribution in [3.05, 3.63) is 58.1 Å². The summed E-state index contributed by atoms with van der Waals surface area (Å²) in [5, 5.41) is 3.14. The second kappa shape index (κ2) is 6.86. The quantitative estimate of drug-likeness (QED) is 0.821. The number of nitrogens with two attached hydrogens (primary N) is 1. The predicted octanol–water partition coefficient (Wildman–Crippen LogP) is 3.13. The van der Waals surface area contributed by atoms with Crippen molar-refractivity contribution in [2.45, 2.75) is 6.92 Å². The minimum absolute atomic E-state index is 0.123.